The fourth-order valence-electron chi connectivity index (χ4n) is 2.33. The highest BCUT2D eigenvalue weighted by molar-refractivity contribution is 5.79. The van der Waals surface area contributed by atoms with E-state index in [-0.39, 0.29) is 12.1 Å². The Morgan fingerprint density at radius 2 is 2.21 bits per heavy atom. The predicted molar refractivity (Wildman–Crippen MR) is 74.9 cm³/mol. The van der Waals surface area contributed by atoms with Crippen molar-refractivity contribution in [2.75, 3.05) is 26.3 Å². The Morgan fingerprint density at radius 1 is 1.53 bits per heavy atom. The Balaban J connectivity index is 2.34. The minimum Gasteiger partial charge on any atom is -0.465 e. The molecule has 1 heterocycles. The SMILES string of the molecule is CCOC(=O)C(C)(N)CCCN1CC(C)OCC1C. The van der Waals surface area contributed by atoms with E-state index in [4.69, 9.17) is 15.2 Å². The van der Waals surface area contributed by atoms with Crippen molar-refractivity contribution < 1.29 is 14.3 Å². The lowest BCUT2D eigenvalue weighted by Gasteiger charge is -2.37. The van der Waals surface area contributed by atoms with E-state index in [1.54, 1.807) is 13.8 Å². The van der Waals surface area contributed by atoms with Crippen molar-refractivity contribution in [1.29, 1.82) is 0 Å². The molecule has 0 aromatic rings. The summed E-state index contributed by atoms with van der Waals surface area (Å²) in [6.45, 7) is 10.8. The first kappa shape index (κ1) is 16.4. The van der Waals surface area contributed by atoms with Gasteiger partial charge in [-0.25, -0.2) is 0 Å². The van der Waals surface area contributed by atoms with Gasteiger partial charge in [0.05, 0.1) is 19.3 Å². The van der Waals surface area contributed by atoms with Gasteiger partial charge in [0.1, 0.15) is 5.54 Å². The van der Waals surface area contributed by atoms with Crippen LogP contribution in [0.25, 0.3) is 0 Å². The third-order valence-electron chi connectivity index (χ3n) is 3.62. The van der Waals surface area contributed by atoms with Crippen LogP contribution in [0.4, 0.5) is 0 Å². The summed E-state index contributed by atoms with van der Waals surface area (Å²) in [5.41, 5.74) is 5.13. The Bertz CT molecular complexity index is 294. The molecule has 1 saturated heterocycles. The number of carbonyl (C=O) groups is 1. The number of rotatable bonds is 6. The maximum absolute atomic E-state index is 11.7. The predicted octanol–water partition coefficient (Wildman–Crippen LogP) is 1.16. The van der Waals surface area contributed by atoms with Gasteiger partial charge in [-0.3, -0.25) is 9.69 Å². The lowest BCUT2D eigenvalue weighted by molar-refractivity contribution is -0.149. The molecule has 5 heteroatoms. The van der Waals surface area contributed by atoms with Crippen LogP contribution in [0.3, 0.4) is 0 Å². The fraction of sp³-hybridized carbons (Fsp3) is 0.929. The molecule has 1 aliphatic heterocycles. The molecule has 1 aliphatic rings. The van der Waals surface area contributed by atoms with Gasteiger partial charge < -0.3 is 15.2 Å². The molecular weight excluding hydrogens is 244 g/mol. The van der Waals surface area contributed by atoms with Gasteiger partial charge in [-0.2, -0.15) is 0 Å². The molecule has 0 amide bonds. The first-order valence-electron chi connectivity index (χ1n) is 7.18. The number of nitrogens with two attached hydrogens (primary N) is 1. The van der Waals surface area contributed by atoms with Gasteiger partial charge in [0, 0.05) is 12.6 Å². The number of nitrogens with zero attached hydrogens (tertiary/aromatic N) is 1. The lowest BCUT2D eigenvalue weighted by Crippen LogP contribution is -2.49. The van der Waals surface area contributed by atoms with Crippen molar-refractivity contribution in [2.24, 2.45) is 5.73 Å². The minimum atomic E-state index is -0.878. The van der Waals surface area contributed by atoms with Crippen LogP contribution >= 0.6 is 0 Å². The van der Waals surface area contributed by atoms with Crippen LogP contribution < -0.4 is 5.73 Å². The van der Waals surface area contributed by atoms with E-state index in [1.165, 1.54) is 0 Å². The van der Waals surface area contributed by atoms with Crippen molar-refractivity contribution in [3.8, 4) is 0 Å². The number of carbonyl (C=O) groups excluding carboxylic acids is 1. The molecule has 0 radical (unpaired) electrons. The van der Waals surface area contributed by atoms with Crippen LogP contribution in [0.15, 0.2) is 0 Å². The second kappa shape index (κ2) is 7.22. The number of esters is 1. The molecule has 5 nitrogen and oxygen atoms in total. The number of ether oxygens (including phenoxy) is 2. The highest BCUT2D eigenvalue weighted by Gasteiger charge is 2.30. The Labute approximate surface area is 116 Å². The summed E-state index contributed by atoms with van der Waals surface area (Å²) < 4.78 is 10.6. The second-order valence-corrected chi connectivity index (χ2v) is 5.73. The number of hydrogen-bond donors (Lipinski definition) is 1. The molecular formula is C14H28N2O3. The lowest BCUT2D eigenvalue weighted by atomic mass is 9.97. The van der Waals surface area contributed by atoms with Gasteiger partial charge in [0.2, 0.25) is 0 Å². The van der Waals surface area contributed by atoms with Gasteiger partial charge in [0.25, 0.3) is 0 Å². The normalized spacial score (nSPS) is 27.8. The zero-order valence-corrected chi connectivity index (χ0v) is 12.6. The van der Waals surface area contributed by atoms with Gasteiger partial charge in [-0.15, -0.1) is 0 Å². The molecule has 1 rings (SSSR count). The molecule has 3 atom stereocenters. The molecule has 19 heavy (non-hydrogen) atoms. The third kappa shape index (κ3) is 5.09. The van der Waals surface area contributed by atoms with E-state index in [1.807, 2.05) is 0 Å². The molecule has 0 aromatic carbocycles. The highest BCUT2D eigenvalue weighted by atomic mass is 16.5. The topological polar surface area (TPSA) is 64.8 Å². The summed E-state index contributed by atoms with van der Waals surface area (Å²) in [6.07, 6.45) is 1.82. The van der Waals surface area contributed by atoms with E-state index in [9.17, 15) is 4.79 Å². The average Bonchev–Trinajstić information content (AvgIpc) is 2.33. The molecule has 1 fully saturated rings. The van der Waals surface area contributed by atoms with Crippen LogP contribution in [0.1, 0.15) is 40.5 Å². The monoisotopic (exact) mass is 272 g/mol. The number of morpholine rings is 1. The van der Waals surface area contributed by atoms with Crippen LogP contribution in [-0.4, -0.2) is 54.9 Å². The fourth-order valence-corrected chi connectivity index (χ4v) is 2.33. The third-order valence-corrected chi connectivity index (χ3v) is 3.62. The van der Waals surface area contributed by atoms with Crippen molar-refractivity contribution in [3.05, 3.63) is 0 Å². The molecule has 0 bridgehead atoms. The van der Waals surface area contributed by atoms with Crippen molar-refractivity contribution in [2.45, 2.75) is 58.2 Å². The molecule has 0 aromatic heterocycles. The second-order valence-electron chi connectivity index (χ2n) is 5.73. The molecule has 112 valence electrons. The maximum atomic E-state index is 11.7. The molecule has 2 N–H and O–H groups in total. The van der Waals surface area contributed by atoms with Crippen LogP contribution in [0.2, 0.25) is 0 Å². The van der Waals surface area contributed by atoms with Crippen LogP contribution in [0, 0.1) is 0 Å². The summed E-state index contributed by atoms with van der Waals surface area (Å²) in [4.78, 5) is 14.1. The van der Waals surface area contributed by atoms with E-state index < -0.39 is 5.54 Å². The standard InChI is InChI=1S/C14H28N2O3/c1-5-18-13(17)14(4,15)7-6-8-16-9-12(3)19-10-11(16)2/h11-12H,5-10,15H2,1-4H3. The van der Waals surface area contributed by atoms with Crippen LogP contribution in [-0.2, 0) is 14.3 Å². The smallest absolute Gasteiger partial charge is 0.325 e. The average molecular weight is 272 g/mol. The van der Waals surface area contributed by atoms with Crippen LogP contribution in [0.5, 0.6) is 0 Å². The molecule has 3 unspecified atom stereocenters. The van der Waals surface area contributed by atoms with E-state index in [0.29, 0.717) is 19.1 Å². The van der Waals surface area contributed by atoms with E-state index in [0.717, 1.165) is 26.1 Å². The highest BCUT2D eigenvalue weighted by Crippen LogP contribution is 2.15. The van der Waals surface area contributed by atoms with Gasteiger partial charge in [0.15, 0.2) is 0 Å². The van der Waals surface area contributed by atoms with E-state index >= 15 is 0 Å². The summed E-state index contributed by atoms with van der Waals surface area (Å²) in [5, 5.41) is 0. The quantitative estimate of drug-likeness (QED) is 0.735. The van der Waals surface area contributed by atoms with Crippen molar-refractivity contribution >= 4 is 5.97 Å². The summed E-state index contributed by atoms with van der Waals surface area (Å²) in [6, 6.07) is 0.433. The van der Waals surface area contributed by atoms with Crippen molar-refractivity contribution in [1.82, 2.24) is 4.90 Å². The molecule has 0 aliphatic carbocycles. The maximum Gasteiger partial charge on any atom is 0.325 e. The molecule has 0 saturated carbocycles. The van der Waals surface area contributed by atoms with E-state index in [2.05, 4.69) is 18.7 Å². The largest absolute Gasteiger partial charge is 0.465 e. The zero-order chi connectivity index (χ0) is 14.5. The van der Waals surface area contributed by atoms with Gasteiger partial charge in [-0.05, 0) is 47.1 Å². The van der Waals surface area contributed by atoms with Crippen molar-refractivity contribution in [3.63, 3.8) is 0 Å². The van der Waals surface area contributed by atoms with Gasteiger partial charge >= 0.3 is 5.97 Å². The Kier molecular flexibility index (Phi) is 6.23. The number of hydrogen-bond acceptors (Lipinski definition) is 5. The Hall–Kier alpha value is -0.650. The minimum absolute atomic E-state index is 0.283. The summed E-state index contributed by atoms with van der Waals surface area (Å²) >= 11 is 0. The summed E-state index contributed by atoms with van der Waals surface area (Å²) in [5.74, 6) is -0.307. The first-order chi connectivity index (χ1) is 8.86. The molecule has 0 spiro atoms. The zero-order valence-electron chi connectivity index (χ0n) is 12.6. The van der Waals surface area contributed by atoms with Gasteiger partial charge in [-0.1, -0.05) is 0 Å². The first-order valence-corrected chi connectivity index (χ1v) is 7.18. The summed E-state index contributed by atoms with van der Waals surface area (Å²) in [7, 11) is 0. The Morgan fingerprint density at radius 3 is 2.84 bits per heavy atom.